The van der Waals surface area contributed by atoms with Crippen molar-refractivity contribution in [1.82, 2.24) is 9.88 Å². The minimum Gasteiger partial charge on any atom is -0.379 e. The molecule has 5 nitrogen and oxygen atoms in total. The fourth-order valence-corrected chi connectivity index (χ4v) is 5.48. The summed E-state index contributed by atoms with van der Waals surface area (Å²) in [6, 6.07) is 12.0. The second kappa shape index (κ2) is 11.0. The van der Waals surface area contributed by atoms with Crippen LogP contribution < -0.4 is 4.90 Å². The van der Waals surface area contributed by atoms with E-state index < -0.39 is 0 Å². The Labute approximate surface area is 207 Å². The molecule has 2 aromatic carbocycles. The van der Waals surface area contributed by atoms with Crippen LogP contribution >= 0.6 is 46.3 Å². The Morgan fingerprint density at radius 2 is 1.97 bits per heavy atom. The molecule has 1 saturated heterocycles. The van der Waals surface area contributed by atoms with Gasteiger partial charge in [-0.15, -0.1) is 12.4 Å². The minimum atomic E-state index is 0. The highest BCUT2D eigenvalue weighted by atomic mass is 127. The number of anilines is 1. The molecule has 0 unspecified atom stereocenters. The second-order valence-electron chi connectivity index (χ2n) is 7.67. The zero-order valence-corrected chi connectivity index (χ0v) is 21.6. The molecule has 2 heterocycles. The van der Waals surface area contributed by atoms with Crippen LogP contribution in [-0.4, -0.2) is 55.2 Å². The van der Waals surface area contributed by atoms with Crippen LogP contribution in [0.1, 0.15) is 27.9 Å². The van der Waals surface area contributed by atoms with Gasteiger partial charge >= 0.3 is 0 Å². The van der Waals surface area contributed by atoms with E-state index in [0.717, 1.165) is 63.8 Å². The molecule has 1 aromatic heterocycles. The summed E-state index contributed by atoms with van der Waals surface area (Å²) >= 11 is 3.85. The molecule has 0 atom stereocenters. The topological polar surface area (TPSA) is 45.7 Å². The van der Waals surface area contributed by atoms with Gasteiger partial charge in [-0.2, -0.15) is 0 Å². The van der Waals surface area contributed by atoms with Crippen LogP contribution in [-0.2, 0) is 4.74 Å². The van der Waals surface area contributed by atoms with E-state index in [4.69, 9.17) is 9.72 Å². The number of carbonyl (C=O) groups is 1. The normalized spacial score (nSPS) is 14.4. The van der Waals surface area contributed by atoms with Crippen LogP contribution in [0.3, 0.4) is 0 Å². The predicted octanol–water partition coefficient (Wildman–Crippen LogP) is 5.31. The molecule has 166 valence electrons. The molecule has 0 aliphatic carbocycles. The Hall–Kier alpha value is -1.26. The summed E-state index contributed by atoms with van der Waals surface area (Å²) in [7, 11) is 0. The fraction of sp³-hybridized carbons (Fsp3) is 0.391. The maximum absolute atomic E-state index is 13.5. The van der Waals surface area contributed by atoms with Gasteiger partial charge in [0, 0.05) is 29.7 Å². The number of amides is 1. The number of benzene rings is 2. The summed E-state index contributed by atoms with van der Waals surface area (Å²) in [6.45, 7) is 9.32. The molecule has 0 N–H and O–H groups in total. The molecule has 0 saturated carbocycles. The monoisotopic (exact) mass is 571 g/mol. The number of rotatable bonds is 6. The number of aryl methyl sites for hydroxylation is 2. The first-order valence-electron chi connectivity index (χ1n) is 10.3. The van der Waals surface area contributed by atoms with Gasteiger partial charge in [-0.3, -0.25) is 14.6 Å². The van der Waals surface area contributed by atoms with Crippen LogP contribution in [0.2, 0.25) is 0 Å². The number of ether oxygens (including phenoxy) is 1. The number of halogens is 2. The average molecular weight is 572 g/mol. The van der Waals surface area contributed by atoms with Crippen LogP contribution in [0, 0.1) is 17.4 Å². The van der Waals surface area contributed by atoms with Gasteiger partial charge in [-0.1, -0.05) is 29.5 Å². The van der Waals surface area contributed by atoms with Crippen molar-refractivity contribution in [2.24, 2.45) is 0 Å². The zero-order valence-electron chi connectivity index (χ0n) is 17.8. The van der Waals surface area contributed by atoms with Crippen molar-refractivity contribution in [1.29, 1.82) is 0 Å². The Bertz CT molecular complexity index is 1050. The quantitative estimate of drug-likeness (QED) is 0.376. The highest BCUT2D eigenvalue weighted by molar-refractivity contribution is 14.1. The van der Waals surface area contributed by atoms with Crippen molar-refractivity contribution >= 4 is 67.6 Å². The molecule has 0 radical (unpaired) electrons. The van der Waals surface area contributed by atoms with Gasteiger partial charge in [-0.25, -0.2) is 4.98 Å². The van der Waals surface area contributed by atoms with E-state index in [0.29, 0.717) is 6.54 Å². The van der Waals surface area contributed by atoms with Crippen molar-refractivity contribution in [2.75, 3.05) is 44.3 Å². The highest BCUT2D eigenvalue weighted by Crippen LogP contribution is 2.33. The summed E-state index contributed by atoms with van der Waals surface area (Å²) < 4.78 is 7.57. The van der Waals surface area contributed by atoms with Crippen molar-refractivity contribution in [3.63, 3.8) is 0 Å². The fourth-order valence-electron chi connectivity index (χ4n) is 3.82. The molecule has 8 heteroatoms. The van der Waals surface area contributed by atoms with E-state index in [1.54, 1.807) is 11.3 Å². The Kier molecular flexibility index (Phi) is 8.69. The molecule has 0 bridgehead atoms. The zero-order chi connectivity index (χ0) is 21.1. The van der Waals surface area contributed by atoms with Gasteiger partial charge in [0.15, 0.2) is 5.13 Å². The van der Waals surface area contributed by atoms with Crippen molar-refractivity contribution in [3.8, 4) is 0 Å². The van der Waals surface area contributed by atoms with E-state index in [9.17, 15) is 4.79 Å². The summed E-state index contributed by atoms with van der Waals surface area (Å²) in [5.41, 5.74) is 4.11. The van der Waals surface area contributed by atoms with E-state index >= 15 is 0 Å². The number of carbonyl (C=O) groups excluding carboxylic acids is 1. The Balaban J connectivity index is 0.00000272. The van der Waals surface area contributed by atoms with Gasteiger partial charge in [0.25, 0.3) is 5.91 Å². The van der Waals surface area contributed by atoms with Crippen molar-refractivity contribution in [2.45, 2.75) is 20.3 Å². The summed E-state index contributed by atoms with van der Waals surface area (Å²) in [4.78, 5) is 22.7. The lowest BCUT2D eigenvalue weighted by atomic mass is 10.1. The SMILES string of the molecule is Cc1cc(C)c2sc(N(CCCN3CCOCC3)C(=O)c3ccccc3I)nc2c1.Cl. The first-order valence-corrected chi connectivity index (χ1v) is 12.2. The number of fused-ring (bicyclic) bond motifs is 1. The van der Waals surface area contributed by atoms with Gasteiger partial charge in [-0.05, 0) is 72.2 Å². The molecule has 1 aliphatic rings. The first kappa shape index (κ1) is 24.4. The van der Waals surface area contributed by atoms with Crippen LogP contribution in [0.4, 0.5) is 5.13 Å². The maximum atomic E-state index is 13.5. The molecule has 4 rings (SSSR count). The summed E-state index contributed by atoms with van der Waals surface area (Å²) in [5.74, 6) is 0.0235. The van der Waals surface area contributed by atoms with Gasteiger partial charge < -0.3 is 4.74 Å². The van der Waals surface area contributed by atoms with Crippen molar-refractivity contribution < 1.29 is 9.53 Å². The standard InChI is InChI=1S/C23H26IN3O2S.ClH/c1-16-14-17(2)21-20(15-16)25-23(30-21)27(9-5-8-26-10-12-29-13-11-26)22(28)18-6-3-4-7-19(18)24;/h3-4,6-7,14-15H,5,8-13H2,1-2H3;1H. The summed E-state index contributed by atoms with van der Waals surface area (Å²) in [5, 5.41) is 0.783. The predicted molar refractivity (Wildman–Crippen MR) is 139 cm³/mol. The molecule has 1 fully saturated rings. The molecule has 3 aromatic rings. The molecule has 31 heavy (non-hydrogen) atoms. The lowest BCUT2D eigenvalue weighted by Crippen LogP contribution is -2.39. The third-order valence-electron chi connectivity index (χ3n) is 5.35. The third-order valence-corrected chi connectivity index (χ3v) is 7.52. The van der Waals surface area contributed by atoms with Crippen LogP contribution in [0.5, 0.6) is 0 Å². The number of hydrogen-bond acceptors (Lipinski definition) is 5. The lowest BCUT2D eigenvalue weighted by molar-refractivity contribution is 0.0376. The van der Waals surface area contributed by atoms with Crippen LogP contribution in [0.25, 0.3) is 10.2 Å². The maximum Gasteiger partial charge on any atom is 0.261 e. The average Bonchev–Trinajstić information content (AvgIpc) is 3.16. The molecule has 1 amide bonds. The molecule has 0 spiro atoms. The Morgan fingerprint density at radius 1 is 1.23 bits per heavy atom. The van der Waals surface area contributed by atoms with Gasteiger partial charge in [0.2, 0.25) is 0 Å². The van der Waals surface area contributed by atoms with E-state index in [1.807, 2.05) is 29.2 Å². The number of aromatic nitrogens is 1. The molecule has 1 aliphatic heterocycles. The van der Waals surface area contributed by atoms with E-state index in [1.165, 1.54) is 11.1 Å². The summed E-state index contributed by atoms with van der Waals surface area (Å²) in [6.07, 6.45) is 0.906. The first-order chi connectivity index (χ1) is 14.5. The molecular formula is C23H27ClIN3O2S. The number of morpholine rings is 1. The number of nitrogens with zero attached hydrogens (tertiary/aromatic N) is 3. The number of thiazole rings is 1. The van der Waals surface area contributed by atoms with Gasteiger partial charge in [0.1, 0.15) is 0 Å². The lowest BCUT2D eigenvalue weighted by Gasteiger charge is -2.27. The Morgan fingerprint density at radius 3 is 2.71 bits per heavy atom. The van der Waals surface area contributed by atoms with Crippen molar-refractivity contribution in [3.05, 3.63) is 56.7 Å². The second-order valence-corrected chi connectivity index (χ2v) is 9.81. The van der Waals surface area contributed by atoms with Gasteiger partial charge in [0.05, 0.1) is 29.0 Å². The molecular weight excluding hydrogens is 545 g/mol. The number of hydrogen-bond donors (Lipinski definition) is 0. The van der Waals surface area contributed by atoms with Crippen LogP contribution in [0.15, 0.2) is 36.4 Å². The highest BCUT2D eigenvalue weighted by Gasteiger charge is 2.23. The minimum absolute atomic E-state index is 0. The smallest absolute Gasteiger partial charge is 0.261 e. The third kappa shape index (κ3) is 5.76. The van der Waals surface area contributed by atoms with E-state index in [-0.39, 0.29) is 18.3 Å². The van der Waals surface area contributed by atoms with E-state index in [2.05, 4.69) is 53.5 Å². The largest absolute Gasteiger partial charge is 0.379 e.